The van der Waals surface area contributed by atoms with Crippen LogP contribution in [-0.2, 0) is 10.0 Å². The van der Waals surface area contributed by atoms with E-state index in [4.69, 9.17) is 0 Å². The molecule has 21 heavy (non-hydrogen) atoms. The van der Waals surface area contributed by atoms with Crippen molar-refractivity contribution in [1.29, 1.82) is 0 Å². The number of hydrogen-bond donors (Lipinski definition) is 2. The summed E-state index contributed by atoms with van der Waals surface area (Å²) in [4.78, 5) is 6.88. The summed E-state index contributed by atoms with van der Waals surface area (Å²) in [6.07, 6.45) is 0.899. The highest BCUT2D eigenvalue weighted by Gasteiger charge is 2.25. The lowest BCUT2D eigenvalue weighted by Crippen LogP contribution is -2.40. The molecule has 116 valence electrons. The zero-order valence-corrected chi connectivity index (χ0v) is 13.3. The molecule has 0 saturated heterocycles. The number of anilines is 1. The van der Waals surface area contributed by atoms with Crippen LogP contribution in [0.4, 0.5) is 5.69 Å². The number of aliphatic imine (C=N–C) groups is 1. The van der Waals surface area contributed by atoms with Crippen LogP contribution in [0.5, 0.6) is 0 Å². The Balaban J connectivity index is 1.99. The Morgan fingerprint density at radius 3 is 2.62 bits per heavy atom. The van der Waals surface area contributed by atoms with Gasteiger partial charge in [-0.1, -0.05) is 26.0 Å². The molecule has 0 unspecified atom stereocenters. The SMILES string of the molecule is CCN(CC)CCCN=C1Nc2ccccc2S(=O)(=O)N1. The van der Waals surface area contributed by atoms with E-state index in [1.54, 1.807) is 24.3 Å². The van der Waals surface area contributed by atoms with Crippen molar-refractivity contribution in [3.8, 4) is 0 Å². The number of sulfonamides is 1. The molecule has 2 rings (SSSR count). The summed E-state index contributed by atoms with van der Waals surface area (Å²) >= 11 is 0. The third kappa shape index (κ3) is 3.95. The molecule has 1 aliphatic rings. The number of benzene rings is 1. The Morgan fingerprint density at radius 2 is 1.90 bits per heavy atom. The van der Waals surface area contributed by atoms with Crippen molar-refractivity contribution in [1.82, 2.24) is 9.62 Å². The molecule has 7 heteroatoms. The van der Waals surface area contributed by atoms with Crippen LogP contribution in [0.3, 0.4) is 0 Å². The van der Waals surface area contributed by atoms with Gasteiger partial charge in [-0.05, 0) is 38.2 Å². The first-order valence-electron chi connectivity index (χ1n) is 7.22. The molecule has 0 spiro atoms. The van der Waals surface area contributed by atoms with E-state index in [-0.39, 0.29) is 4.90 Å². The Labute approximate surface area is 126 Å². The molecule has 1 heterocycles. The van der Waals surface area contributed by atoms with Crippen molar-refractivity contribution in [2.45, 2.75) is 25.2 Å². The summed E-state index contributed by atoms with van der Waals surface area (Å²) < 4.78 is 26.6. The van der Waals surface area contributed by atoms with Gasteiger partial charge in [0.1, 0.15) is 4.90 Å². The predicted octanol–water partition coefficient (Wildman–Crippen LogP) is 1.48. The van der Waals surface area contributed by atoms with Gasteiger partial charge in [0.05, 0.1) is 5.69 Å². The van der Waals surface area contributed by atoms with E-state index in [1.807, 2.05) is 0 Å². The second-order valence-electron chi connectivity index (χ2n) is 4.84. The van der Waals surface area contributed by atoms with E-state index in [1.165, 1.54) is 0 Å². The summed E-state index contributed by atoms with van der Waals surface area (Å²) in [5.74, 6) is 0.299. The molecule has 0 aromatic heterocycles. The lowest BCUT2D eigenvalue weighted by Gasteiger charge is -2.21. The van der Waals surface area contributed by atoms with Crippen LogP contribution < -0.4 is 10.0 Å². The fourth-order valence-electron chi connectivity index (χ4n) is 2.24. The average molecular weight is 310 g/mol. The van der Waals surface area contributed by atoms with Gasteiger partial charge in [0.15, 0.2) is 0 Å². The van der Waals surface area contributed by atoms with E-state index < -0.39 is 10.0 Å². The standard InChI is InChI=1S/C14H22N4O2S/c1-3-18(4-2)11-7-10-15-14-16-12-8-5-6-9-13(12)21(19,20)17-14/h5-6,8-9H,3-4,7,10-11H2,1-2H3,(H2,15,16,17). The molecular formula is C14H22N4O2S. The van der Waals surface area contributed by atoms with Gasteiger partial charge in [-0.3, -0.25) is 4.99 Å². The monoisotopic (exact) mass is 310 g/mol. The summed E-state index contributed by atoms with van der Waals surface area (Å²) in [5, 5.41) is 3.01. The third-order valence-corrected chi connectivity index (χ3v) is 4.85. The van der Waals surface area contributed by atoms with Crippen molar-refractivity contribution in [3.05, 3.63) is 24.3 Å². The lowest BCUT2D eigenvalue weighted by molar-refractivity contribution is 0.302. The minimum Gasteiger partial charge on any atom is -0.324 e. The molecule has 2 N–H and O–H groups in total. The first kappa shape index (κ1) is 15.8. The molecule has 1 aromatic rings. The van der Waals surface area contributed by atoms with Gasteiger partial charge in [-0.2, -0.15) is 0 Å². The lowest BCUT2D eigenvalue weighted by atomic mass is 10.3. The highest BCUT2D eigenvalue weighted by Crippen LogP contribution is 2.23. The minimum atomic E-state index is -3.51. The molecule has 0 atom stereocenters. The van der Waals surface area contributed by atoms with E-state index in [2.05, 4.69) is 33.8 Å². The molecule has 0 fully saturated rings. The van der Waals surface area contributed by atoms with Gasteiger partial charge >= 0.3 is 0 Å². The summed E-state index contributed by atoms with van der Waals surface area (Å²) in [7, 11) is -3.51. The van der Waals surface area contributed by atoms with Crippen molar-refractivity contribution < 1.29 is 8.42 Å². The Bertz CT molecular complexity index is 609. The molecule has 0 aliphatic carbocycles. The molecule has 1 aliphatic heterocycles. The Morgan fingerprint density at radius 1 is 1.19 bits per heavy atom. The number of nitrogens with one attached hydrogen (secondary N) is 2. The molecule has 0 amide bonds. The molecular weight excluding hydrogens is 288 g/mol. The maximum Gasteiger partial charge on any atom is 0.266 e. The maximum absolute atomic E-state index is 12.1. The topological polar surface area (TPSA) is 73.8 Å². The molecule has 0 bridgehead atoms. The van der Waals surface area contributed by atoms with Crippen molar-refractivity contribution in [2.24, 2.45) is 4.99 Å². The average Bonchev–Trinajstić information content (AvgIpc) is 2.47. The van der Waals surface area contributed by atoms with Crippen molar-refractivity contribution in [2.75, 3.05) is 31.5 Å². The van der Waals surface area contributed by atoms with Crippen LogP contribution in [0.25, 0.3) is 0 Å². The number of fused-ring (bicyclic) bond motifs is 1. The van der Waals surface area contributed by atoms with Gasteiger partial charge in [0, 0.05) is 6.54 Å². The number of hydrogen-bond acceptors (Lipinski definition) is 4. The fraction of sp³-hybridized carbons (Fsp3) is 0.500. The molecule has 6 nitrogen and oxygen atoms in total. The smallest absolute Gasteiger partial charge is 0.266 e. The number of nitrogens with zero attached hydrogens (tertiary/aromatic N) is 2. The van der Waals surface area contributed by atoms with Crippen molar-refractivity contribution >= 4 is 21.7 Å². The summed E-state index contributed by atoms with van der Waals surface area (Å²) in [5.41, 5.74) is 0.568. The normalized spacial score (nSPS) is 18.1. The zero-order valence-electron chi connectivity index (χ0n) is 12.5. The number of guanidine groups is 1. The first-order valence-corrected chi connectivity index (χ1v) is 8.70. The molecule has 0 radical (unpaired) electrons. The van der Waals surface area contributed by atoms with E-state index in [9.17, 15) is 8.42 Å². The number of rotatable bonds is 6. The highest BCUT2D eigenvalue weighted by atomic mass is 32.2. The van der Waals surface area contributed by atoms with Crippen LogP contribution >= 0.6 is 0 Å². The van der Waals surface area contributed by atoms with Crippen molar-refractivity contribution in [3.63, 3.8) is 0 Å². The largest absolute Gasteiger partial charge is 0.324 e. The Hall–Kier alpha value is -1.60. The van der Waals surface area contributed by atoms with E-state index in [0.717, 1.165) is 26.1 Å². The second kappa shape index (κ2) is 6.91. The van der Waals surface area contributed by atoms with Crippen LogP contribution in [0, 0.1) is 0 Å². The van der Waals surface area contributed by atoms with Crippen LogP contribution in [0.2, 0.25) is 0 Å². The van der Waals surface area contributed by atoms with Crippen LogP contribution in [0.1, 0.15) is 20.3 Å². The quantitative estimate of drug-likeness (QED) is 0.781. The van der Waals surface area contributed by atoms with Gasteiger partial charge < -0.3 is 10.2 Å². The highest BCUT2D eigenvalue weighted by molar-refractivity contribution is 7.90. The summed E-state index contributed by atoms with van der Waals surface area (Å²) in [6.45, 7) is 7.85. The second-order valence-corrected chi connectivity index (χ2v) is 6.49. The van der Waals surface area contributed by atoms with E-state index >= 15 is 0 Å². The van der Waals surface area contributed by atoms with Crippen LogP contribution in [0.15, 0.2) is 34.2 Å². The van der Waals surface area contributed by atoms with Gasteiger partial charge in [-0.15, -0.1) is 0 Å². The van der Waals surface area contributed by atoms with Gasteiger partial charge in [-0.25, -0.2) is 13.1 Å². The van der Waals surface area contributed by atoms with E-state index in [0.29, 0.717) is 18.2 Å². The zero-order chi connectivity index (χ0) is 15.3. The summed E-state index contributed by atoms with van der Waals surface area (Å²) in [6, 6.07) is 6.80. The van der Waals surface area contributed by atoms with Gasteiger partial charge in [0.2, 0.25) is 5.96 Å². The fourth-order valence-corrected chi connectivity index (χ4v) is 3.38. The number of para-hydroxylation sites is 1. The van der Waals surface area contributed by atoms with Crippen LogP contribution in [-0.4, -0.2) is 45.5 Å². The predicted molar refractivity (Wildman–Crippen MR) is 85.1 cm³/mol. The molecule has 0 saturated carbocycles. The van der Waals surface area contributed by atoms with Gasteiger partial charge in [0.25, 0.3) is 10.0 Å². The first-order chi connectivity index (χ1) is 10.1. The Kier molecular flexibility index (Phi) is 5.19. The molecule has 1 aromatic carbocycles. The maximum atomic E-state index is 12.1. The minimum absolute atomic E-state index is 0.257. The third-order valence-electron chi connectivity index (χ3n) is 3.46.